The first-order valence-electron chi connectivity index (χ1n) is 7.32. The predicted octanol–water partition coefficient (Wildman–Crippen LogP) is 2.48. The summed E-state index contributed by atoms with van der Waals surface area (Å²) in [6.45, 7) is 5.43. The summed E-state index contributed by atoms with van der Waals surface area (Å²) in [6, 6.07) is 5.34. The predicted molar refractivity (Wildman–Crippen MR) is 87.7 cm³/mol. The molecule has 0 spiro atoms. The van der Waals surface area contributed by atoms with Crippen LogP contribution in [0.1, 0.15) is 25.3 Å². The van der Waals surface area contributed by atoms with Gasteiger partial charge in [-0.05, 0) is 44.1 Å². The summed E-state index contributed by atoms with van der Waals surface area (Å²) in [4.78, 5) is 6.65. The Bertz CT molecular complexity index is 506. The maximum Gasteiger partial charge on any atom is 0.188 e. The number of nitrogens with two attached hydrogens (primary N) is 1. The Morgan fingerprint density at radius 3 is 3.14 bits per heavy atom. The topological polar surface area (TPSA) is 53.6 Å². The van der Waals surface area contributed by atoms with Gasteiger partial charge in [0.1, 0.15) is 5.82 Å². The average molecular weight is 357 g/mol. The lowest BCUT2D eigenvalue weighted by Gasteiger charge is -2.23. The highest BCUT2D eigenvalue weighted by Gasteiger charge is 2.22. The number of aliphatic imine (C=N–C) groups is 1. The van der Waals surface area contributed by atoms with Crippen LogP contribution < -0.4 is 11.1 Å². The molecule has 0 amide bonds. The molecule has 0 aliphatic carbocycles. The summed E-state index contributed by atoms with van der Waals surface area (Å²) in [7, 11) is 0. The fraction of sp³-hybridized carbons (Fsp3) is 0.533. The molecule has 3 N–H and O–H groups in total. The summed E-state index contributed by atoms with van der Waals surface area (Å²) in [5.41, 5.74) is 6.39. The first kappa shape index (κ1) is 16.2. The van der Waals surface area contributed by atoms with E-state index in [1.807, 2.05) is 0 Å². The number of nitrogens with one attached hydrogen (secondary N) is 1. The molecule has 0 bridgehead atoms. The third-order valence-corrected chi connectivity index (χ3v) is 4.34. The van der Waals surface area contributed by atoms with Crippen LogP contribution in [-0.2, 0) is 6.54 Å². The van der Waals surface area contributed by atoms with Crippen molar-refractivity contribution in [2.45, 2.75) is 32.4 Å². The highest BCUT2D eigenvalue weighted by atomic mass is 79.9. The van der Waals surface area contributed by atoms with Crippen molar-refractivity contribution in [2.75, 3.05) is 19.6 Å². The minimum absolute atomic E-state index is 0.242. The smallest absolute Gasteiger partial charge is 0.188 e. The van der Waals surface area contributed by atoms with E-state index in [0.29, 0.717) is 17.6 Å². The molecule has 0 aromatic heterocycles. The van der Waals surface area contributed by atoms with E-state index in [1.165, 1.54) is 18.9 Å². The third-order valence-electron chi connectivity index (χ3n) is 3.85. The summed E-state index contributed by atoms with van der Waals surface area (Å²) < 4.78 is 14.4. The lowest BCUT2D eigenvalue weighted by molar-refractivity contribution is 0.267. The minimum atomic E-state index is -0.261. The fourth-order valence-electron chi connectivity index (χ4n) is 2.66. The number of likely N-dealkylation sites (N-methyl/N-ethyl adjacent to an activating group) is 1. The second-order valence-electron chi connectivity index (χ2n) is 5.24. The number of likely N-dealkylation sites (tertiary alicyclic amines) is 1. The molecular weight excluding hydrogens is 335 g/mol. The molecule has 1 aliphatic rings. The largest absolute Gasteiger partial charge is 0.370 e. The van der Waals surface area contributed by atoms with E-state index in [2.05, 4.69) is 38.1 Å². The number of guanidine groups is 1. The van der Waals surface area contributed by atoms with Crippen molar-refractivity contribution in [3.05, 3.63) is 34.1 Å². The lowest BCUT2D eigenvalue weighted by Crippen LogP contribution is -2.42. The SMILES string of the molecule is CCN1CCCC1CNC(N)=NCc1cc(Br)ccc1F. The summed E-state index contributed by atoms with van der Waals surface area (Å²) in [5, 5.41) is 3.15. The van der Waals surface area contributed by atoms with Gasteiger partial charge in [-0.3, -0.25) is 4.90 Å². The van der Waals surface area contributed by atoms with Crippen molar-refractivity contribution in [2.24, 2.45) is 10.7 Å². The van der Waals surface area contributed by atoms with Crippen molar-refractivity contribution in [3.63, 3.8) is 0 Å². The quantitative estimate of drug-likeness (QED) is 0.629. The summed E-state index contributed by atoms with van der Waals surface area (Å²) in [6.07, 6.45) is 2.43. The van der Waals surface area contributed by atoms with Gasteiger partial charge in [-0.15, -0.1) is 0 Å². The molecule has 1 unspecified atom stereocenters. The molecule has 1 fully saturated rings. The molecular formula is C15H22BrFN4. The van der Waals surface area contributed by atoms with Crippen LogP contribution in [0, 0.1) is 5.82 Å². The molecule has 1 atom stereocenters. The Hall–Kier alpha value is -1.14. The Labute approximate surface area is 133 Å². The molecule has 4 nitrogen and oxygen atoms in total. The van der Waals surface area contributed by atoms with Crippen molar-refractivity contribution < 1.29 is 4.39 Å². The van der Waals surface area contributed by atoms with Gasteiger partial charge >= 0.3 is 0 Å². The van der Waals surface area contributed by atoms with Gasteiger partial charge < -0.3 is 11.1 Å². The molecule has 1 aliphatic heterocycles. The zero-order chi connectivity index (χ0) is 15.2. The van der Waals surface area contributed by atoms with Crippen molar-refractivity contribution in [3.8, 4) is 0 Å². The molecule has 2 rings (SSSR count). The van der Waals surface area contributed by atoms with E-state index < -0.39 is 0 Å². The van der Waals surface area contributed by atoms with Crippen LogP contribution in [-0.4, -0.2) is 36.5 Å². The lowest BCUT2D eigenvalue weighted by atomic mass is 10.2. The van der Waals surface area contributed by atoms with Crippen molar-refractivity contribution in [1.82, 2.24) is 10.2 Å². The highest BCUT2D eigenvalue weighted by molar-refractivity contribution is 9.10. The second kappa shape index (κ2) is 7.75. The first-order chi connectivity index (χ1) is 10.1. The van der Waals surface area contributed by atoms with Gasteiger partial charge in [-0.25, -0.2) is 9.38 Å². The van der Waals surface area contributed by atoms with E-state index in [9.17, 15) is 4.39 Å². The van der Waals surface area contributed by atoms with Crippen molar-refractivity contribution in [1.29, 1.82) is 0 Å². The van der Waals surface area contributed by atoms with Crippen LogP contribution in [0.2, 0.25) is 0 Å². The number of hydrogen-bond donors (Lipinski definition) is 2. The number of halogens is 2. The first-order valence-corrected chi connectivity index (χ1v) is 8.11. The van der Waals surface area contributed by atoms with E-state index in [-0.39, 0.29) is 12.4 Å². The standard InChI is InChI=1S/C15H22BrFN4/c1-2-21-7-3-4-13(21)10-20-15(18)19-9-11-8-12(16)5-6-14(11)17/h5-6,8,13H,2-4,7,9-10H2,1H3,(H3,18,19,20). The van der Waals surface area contributed by atoms with Crippen LogP contribution in [0.3, 0.4) is 0 Å². The number of benzene rings is 1. The molecule has 0 saturated carbocycles. The Morgan fingerprint density at radius 1 is 1.57 bits per heavy atom. The number of hydrogen-bond acceptors (Lipinski definition) is 2. The van der Waals surface area contributed by atoms with E-state index >= 15 is 0 Å². The maximum atomic E-state index is 13.6. The number of rotatable bonds is 5. The van der Waals surface area contributed by atoms with Gasteiger partial charge in [0.25, 0.3) is 0 Å². The molecule has 1 saturated heterocycles. The summed E-state index contributed by atoms with van der Waals surface area (Å²) in [5.74, 6) is 0.111. The molecule has 0 radical (unpaired) electrons. The van der Waals surface area contributed by atoms with Gasteiger partial charge in [0.05, 0.1) is 6.54 Å². The number of nitrogens with zero attached hydrogens (tertiary/aromatic N) is 2. The fourth-order valence-corrected chi connectivity index (χ4v) is 3.06. The van der Waals surface area contributed by atoms with Crippen LogP contribution in [0.5, 0.6) is 0 Å². The Balaban J connectivity index is 1.85. The zero-order valence-corrected chi connectivity index (χ0v) is 13.9. The normalized spacial score (nSPS) is 20.0. The third kappa shape index (κ3) is 4.68. The maximum absolute atomic E-state index is 13.6. The molecule has 21 heavy (non-hydrogen) atoms. The second-order valence-corrected chi connectivity index (χ2v) is 6.16. The van der Waals surface area contributed by atoms with Gasteiger partial charge in [0.2, 0.25) is 0 Å². The molecule has 1 aromatic rings. The highest BCUT2D eigenvalue weighted by Crippen LogP contribution is 2.17. The summed E-state index contributed by atoms with van der Waals surface area (Å²) >= 11 is 3.33. The van der Waals surface area contributed by atoms with Gasteiger partial charge in [-0.2, -0.15) is 0 Å². The van der Waals surface area contributed by atoms with Crippen molar-refractivity contribution >= 4 is 21.9 Å². The molecule has 116 valence electrons. The van der Waals surface area contributed by atoms with Gasteiger partial charge in [0, 0.05) is 22.6 Å². The molecule has 6 heteroatoms. The van der Waals surface area contributed by atoms with E-state index in [1.54, 1.807) is 12.1 Å². The minimum Gasteiger partial charge on any atom is -0.370 e. The Kier molecular flexibility index (Phi) is 5.99. The van der Waals surface area contributed by atoms with E-state index in [0.717, 1.165) is 24.1 Å². The van der Waals surface area contributed by atoms with Crippen LogP contribution in [0.25, 0.3) is 0 Å². The molecule has 1 heterocycles. The van der Waals surface area contributed by atoms with Gasteiger partial charge in [-0.1, -0.05) is 22.9 Å². The monoisotopic (exact) mass is 356 g/mol. The average Bonchev–Trinajstić information content (AvgIpc) is 2.93. The van der Waals surface area contributed by atoms with Crippen LogP contribution in [0.4, 0.5) is 4.39 Å². The van der Waals surface area contributed by atoms with E-state index in [4.69, 9.17) is 5.73 Å². The zero-order valence-electron chi connectivity index (χ0n) is 12.3. The van der Waals surface area contributed by atoms with Gasteiger partial charge in [0.15, 0.2) is 5.96 Å². The van der Waals surface area contributed by atoms with Crippen LogP contribution in [0.15, 0.2) is 27.7 Å². The molecule has 1 aromatic carbocycles. The van der Waals surface area contributed by atoms with Crippen LogP contribution >= 0.6 is 15.9 Å². The Morgan fingerprint density at radius 2 is 2.38 bits per heavy atom.